The van der Waals surface area contributed by atoms with Crippen molar-refractivity contribution in [1.82, 2.24) is 0 Å². The van der Waals surface area contributed by atoms with Crippen LogP contribution in [0, 0.1) is 0 Å². The van der Waals surface area contributed by atoms with Crippen LogP contribution >= 0.6 is 7.75 Å². The van der Waals surface area contributed by atoms with Gasteiger partial charge in [0, 0.05) is 0 Å². The summed E-state index contributed by atoms with van der Waals surface area (Å²) in [5.74, 6) is 0. The first-order chi connectivity index (χ1) is 2.00. The van der Waals surface area contributed by atoms with Gasteiger partial charge in [-0.25, -0.2) is 4.57 Å². The second-order valence-electron chi connectivity index (χ2n) is 0.665. The van der Waals surface area contributed by atoms with Crippen LogP contribution < -0.4 is 5.50 Å². The maximum absolute atomic E-state index is 9.22. The van der Waals surface area contributed by atoms with Gasteiger partial charge in [0.2, 0.25) is 0 Å². The molecule has 4 nitrogen and oxygen atoms in total. The van der Waals surface area contributed by atoms with Gasteiger partial charge in [0.05, 0.1) is 0 Å². The molecule has 5 heteroatoms. The summed E-state index contributed by atoms with van der Waals surface area (Å²) in [5, 5.41) is 0. The standard InChI is InChI=1S/H4NO3P/c1-5(2,3)4/h(H4,1,2,3,4)/p+1. The fourth-order valence-corrected chi connectivity index (χ4v) is 0. The summed E-state index contributed by atoms with van der Waals surface area (Å²) < 4.78 is 9.22. The Bertz CT molecular complexity index is 53.0. The third kappa shape index (κ3) is 1510. The van der Waals surface area contributed by atoms with Gasteiger partial charge in [-0.3, -0.25) is 15.3 Å². The Kier molecular flexibility index (Phi) is 1.09. The van der Waals surface area contributed by atoms with Crippen LogP contribution in [-0.2, 0) is 4.57 Å². The molecule has 0 heterocycles. The van der Waals surface area contributed by atoms with Crippen molar-refractivity contribution in [2.75, 3.05) is 0 Å². The normalized spacial score (nSPS) is 11.8. The fourth-order valence-electron chi connectivity index (χ4n) is 0. The second-order valence-corrected chi connectivity index (χ2v) is 1.99. The monoisotopic (exact) mass is 98.0 g/mol. The molecule has 0 saturated heterocycles. The summed E-state index contributed by atoms with van der Waals surface area (Å²) >= 11 is 0. The molecule has 0 bridgehead atoms. The van der Waals surface area contributed by atoms with E-state index in [9.17, 15) is 4.57 Å². The van der Waals surface area contributed by atoms with Crippen LogP contribution in [0.5, 0.6) is 0 Å². The Hall–Kier alpha value is 0.110. The van der Waals surface area contributed by atoms with Gasteiger partial charge in [0.1, 0.15) is 0 Å². The SMILES string of the molecule is [NH3+]P(=O)(O)O. The molecule has 0 atom stereocenters. The molecule has 0 fully saturated rings. The van der Waals surface area contributed by atoms with Crippen LogP contribution in [-0.4, -0.2) is 9.79 Å². The van der Waals surface area contributed by atoms with Crippen molar-refractivity contribution in [3.05, 3.63) is 0 Å². The Morgan fingerprint density at radius 2 is 1.60 bits per heavy atom. The van der Waals surface area contributed by atoms with E-state index in [0.29, 0.717) is 0 Å². The lowest BCUT2D eigenvalue weighted by Gasteiger charge is -1.78. The smallest absolute Gasteiger partial charge is 0.279 e. The molecule has 0 rings (SSSR count). The van der Waals surface area contributed by atoms with Crippen LogP contribution in [0.2, 0.25) is 0 Å². The predicted molar refractivity (Wildman–Crippen MR) is 14.9 cm³/mol. The van der Waals surface area contributed by atoms with Gasteiger partial charge in [-0.05, 0) is 0 Å². The van der Waals surface area contributed by atoms with E-state index >= 15 is 0 Å². The zero-order valence-electron chi connectivity index (χ0n) is 2.46. The Labute approximate surface area is 28.8 Å². The first-order valence-electron chi connectivity index (χ1n) is 0.899. The molecule has 5 heavy (non-hydrogen) atoms. The molecule has 0 aromatic rings. The molecule has 0 aromatic heterocycles. The molecule has 0 radical (unpaired) electrons. The number of rotatable bonds is 0. The molecule has 0 aromatic carbocycles. The number of hydrogen-bond acceptors (Lipinski definition) is 1. The van der Waals surface area contributed by atoms with Gasteiger partial charge in [-0.1, -0.05) is 0 Å². The van der Waals surface area contributed by atoms with E-state index < -0.39 is 7.75 Å². The Balaban J connectivity index is 3.47. The minimum atomic E-state index is -3.89. The van der Waals surface area contributed by atoms with E-state index in [1.165, 1.54) is 0 Å². The minimum Gasteiger partial charge on any atom is -0.279 e. The first kappa shape index (κ1) is 5.11. The highest BCUT2D eigenvalue weighted by Crippen LogP contribution is 2.15. The molecular weight excluding hydrogens is 93.0 g/mol. The van der Waals surface area contributed by atoms with Gasteiger partial charge < -0.3 is 0 Å². The topological polar surface area (TPSA) is 85.2 Å². The van der Waals surface area contributed by atoms with Gasteiger partial charge in [0.15, 0.2) is 0 Å². The van der Waals surface area contributed by atoms with Crippen LogP contribution in [0.4, 0.5) is 0 Å². The Morgan fingerprint density at radius 3 is 1.60 bits per heavy atom. The van der Waals surface area contributed by atoms with Crippen LogP contribution in [0.3, 0.4) is 0 Å². The first-order valence-corrected chi connectivity index (χ1v) is 2.70. The third-order valence-electron chi connectivity index (χ3n) is 0. The quantitative estimate of drug-likeness (QED) is 0.316. The zero-order chi connectivity index (χ0) is 4.50. The van der Waals surface area contributed by atoms with Crippen LogP contribution in [0.15, 0.2) is 0 Å². The highest BCUT2D eigenvalue weighted by molar-refractivity contribution is 7.43. The lowest BCUT2D eigenvalue weighted by atomic mass is 13.9. The van der Waals surface area contributed by atoms with Crippen molar-refractivity contribution in [3.63, 3.8) is 0 Å². The molecular formula is H5NO3P+. The molecule has 5 N–H and O–H groups in total. The highest BCUT2D eigenvalue weighted by atomic mass is 31.2. The molecule has 0 aliphatic carbocycles. The van der Waals surface area contributed by atoms with Crippen LogP contribution in [0.1, 0.15) is 0 Å². The average molecular weight is 98.0 g/mol. The lowest BCUT2D eigenvalue weighted by Crippen LogP contribution is -2.42. The second kappa shape index (κ2) is 1.06. The largest absolute Gasteiger partial charge is 0.521 e. The molecule has 0 unspecified atom stereocenters. The van der Waals surface area contributed by atoms with E-state index in [0.717, 1.165) is 0 Å². The predicted octanol–water partition coefficient (Wildman–Crippen LogP) is -1.68. The van der Waals surface area contributed by atoms with Crippen molar-refractivity contribution in [3.8, 4) is 0 Å². The summed E-state index contributed by atoms with van der Waals surface area (Å²) in [7, 11) is -3.89. The lowest BCUT2D eigenvalue weighted by molar-refractivity contribution is -0.214. The van der Waals surface area contributed by atoms with Gasteiger partial charge in [0.25, 0.3) is 0 Å². The van der Waals surface area contributed by atoms with E-state index in [1.807, 2.05) is 0 Å². The average Bonchev–Trinajstić information content (AvgIpc) is 0.722. The van der Waals surface area contributed by atoms with Gasteiger partial charge in [-0.2, -0.15) is 0 Å². The van der Waals surface area contributed by atoms with Gasteiger partial charge >= 0.3 is 7.75 Å². The van der Waals surface area contributed by atoms with E-state index in [-0.39, 0.29) is 0 Å². The van der Waals surface area contributed by atoms with Crippen molar-refractivity contribution in [2.24, 2.45) is 0 Å². The Morgan fingerprint density at radius 1 is 1.60 bits per heavy atom. The van der Waals surface area contributed by atoms with Gasteiger partial charge in [-0.15, -0.1) is 0 Å². The number of hydrogen-bond donors (Lipinski definition) is 3. The van der Waals surface area contributed by atoms with Crippen molar-refractivity contribution < 1.29 is 19.9 Å². The molecule has 0 amide bonds. The zero-order valence-corrected chi connectivity index (χ0v) is 3.35. The van der Waals surface area contributed by atoms with Crippen molar-refractivity contribution in [2.45, 2.75) is 0 Å². The number of quaternary nitrogens is 1. The minimum absolute atomic E-state index is 2.44. The maximum atomic E-state index is 9.22. The highest BCUT2D eigenvalue weighted by Gasteiger charge is 2.04. The van der Waals surface area contributed by atoms with Crippen LogP contribution in [0.25, 0.3) is 0 Å². The molecule has 0 spiro atoms. The van der Waals surface area contributed by atoms with E-state index in [4.69, 9.17) is 9.79 Å². The fraction of sp³-hybridized carbons (Fsp3) is 0. The summed E-state index contributed by atoms with van der Waals surface area (Å²) in [6, 6.07) is 0. The van der Waals surface area contributed by atoms with E-state index in [1.54, 1.807) is 0 Å². The molecule has 0 aliphatic heterocycles. The summed E-state index contributed by atoms with van der Waals surface area (Å²) in [4.78, 5) is 15.0. The molecule has 32 valence electrons. The third-order valence-corrected chi connectivity index (χ3v) is 0. The summed E-state index contributed by atoms with van der Waals surface area (Å²) in [6.45, 7) is 0. The van der Waals surface area contributed by atoms with Crippen molar-refractivity contribution >= 4 is 7.75 Å². The molecule has 0 aliphatic rings. The van der Waals surface area contributed by atoms with Crippen molar-refractivity contribution in [1.29, 1.82) is 0 Å². The summed E-state index contributed by atoms with van der Waals surface area (Å²) in [6.07, 6.45) is 0. The van der Waals surface area contributed by atoms with E-state index in [2.05, 4.69) is 5.50 Å². The maximum Gasteiger partial charge on any atom is 0.521 e. The molecule has 0 saturated carbocycles. The summed E-state index contributed by atoms with van der Waals surface area (Å²) in [5.41, 5.74) is 2.44.